The predicted molar refractivity (Wildman–Crippen MR) is 107 cm³/mol. The van der Waals surface area contributed by atoms with Crippen molar-refractivity contribution >= 4 is 5.91 Å². The molecule has 2 unspecified atom stereocenters. The van der Waals surface area contributed by atoms with Crippen molar-refractivity contribution < 1.29 is 4.79 Å². The number of carbonyl (C=O) groups excluding carboxylic acids is 1. The molecule has 2 saturated heterocycles. The predicted octanol–water partition coefficient (Wildman–Crippen LogP) is 4.05. The van der Waals surface area contributed by atoms with E-state index in [1.807, 2.05) is 0 Å². The van der Waals surface area contributed by atoms with Gasteiger partial charge in [0.15, 0.2) is 0 Å². The molecule has 1 aromatic heterocycles. The van der Waals surface area contributed by atoms with Gasteiger partial charge in [-0.2, -0.15) is 0 Å². The first-order valence-electron chi connectivity index (χ1n) is 10.8. The summed E-state index contributed by atoms with van der Waals surface area (Å²) in [7, 11) is 0. The van der Waals surface area contributed by atoms with Crippen molar-refractivity contribution in [3.8, 4) is 0 Å². The molecule has 0 aromatic carbocycles. The fraction of sp³-hybridized carbons (Fsp3) is 0.773. The van der Waals surface area contributed by atoms with Crippen molar-refractivity contribution in [2.45, 2.75) is 84.2 Å². The van der Waals surface area contributed by atoms with Gasteiger partial charge in [0.05, 0.1) is 0 Å². The highest BCUT2D eigenvalue weighted by Gasteiger charge is 2.32. The number of amides is 1. The first-order chi connectivity index (χ1) is 12.6. The van der Waals surface area contributed by atoms with Gasteiger partial charge in [0, 0.05) is 36.9 Å². The molecular weight excluding hydrogens is 322 g/mol. The zero-order valence-corrected chi connectivity index (χ0v) is 16.8. The van der Waals surface area contributed by atoms with Crippen LogP contribution in [0.25, 0.3) is 0 Å². The molecule has 3 heterocycles. The molecule has 2 fully saturated rings. The van der Waals surface area contributed by atoms with Crippen LogP contribution in [0.1, 0.15) is 69.2 Å². The molecule has 0 aliphatic carbocycles. The summed E-state index contributed by atoms with van der Waals surface area (Å²) in [5.41, 5.74) is 2.67. The van der Waals surface area contributed by atoms with Crippen LogP contribution < -0.4 is 5.32 Å². The third kappa shape index (κ3) is 5.12. The normalized spacial score (nSPS) is 23.6. The van der Waals surface area contributed by atoms with Gasteiger partial charge in [-0.05, 0) is 83.5 Å². The minimum atomic E-state index is 0.256. The summed E-state index contributed by atoms with van der Waals surface area (Å²) in [4.78, 5) is 14.9. The van der Waals surface area contributed by atoms with Crippen LogP contribution in [0.5, 0.6) is 0 Å². The third-order valence-electron chi connectivity index (χ3n) is 6.49. The van der Waals surface area contributed by atoms with Gasteiger partial charge in [0.2, 0.25) is 5.91 Å². The van der Waals surface area contributed by atoms with Crippen LogP contribution in [-0.4, -0.2) is 41.1 Å². The highest BCUT2D eigenvalue weighted by Crippen LogP contribution is 2.30. The van der Waals surface area contributed by atoms with E-state index in [1.54, 1.807) is 0 Å². The Morgan fingerprint density at radius 1 is 1.04 bits per heavy atom. The summed E-state index contributed by atoms with van der Waals surface area (Å²) in [6.45, 7) is 8.84. The van der Waals surface area contributed by atoms with E-state index in [9.17, 15) is 4.79 Å². The molecule has 4 nitrogen and oxygen atoms in total. The summed E-state index contributed by atoms with van der Waals surface area (Å²) >= 11 is 0. The van der Waals surface area contributed by atoms with E-state index < -0.39 is 0 Å². The minimum absolute atomic E-state index is 0.256. The second kappa shape index (κ2) is 9.59. The lowest BCUT2D eigenvalue weighted by atomic mass is 9.83. The molecule has 4 heteroatoms. The summed E-state index contributed by atoms with van der Waals surface area (Å²) in [5.74, 6) is 0.930. The van der Waals surface area contributed by atoms with Crippen LogP contribution in [0.3, 0.4) is 0 Å². The third-order valence-corrected chi connectivity index (χ3v) is 6.49. The summed E-state index contributed by atoms with van der Waals surface area (Å²) in [6.07, 6.45) is 10.6. The van der Waals surface area contributed by atoms with E-state index >= 15 is 0 Å². The van der Waals surface area contributed by atoms with Gasteiger partial charge in [0.25, 0.3) is 0 Å². The molecule has 3 rings (SSSR count). The van der Waals surface area contributed by atoms with E-state index in [-0.39, 0.29) is 5.91 Å². The monoisotopic (exact) mass is 359 g/mol. The van der Waals surface area contributed by atoms with Crippen LogP contribution in [0.2, 0.25) is 0 Å². The number of hydrogen-bond acceptors (Lipinski definition) is 2. The van der Waals surface area contributed by atoms with Crippen LogP contribution in [0.4, 0.5) is 0 Å². The van der Waals surface area contributed by atoms with E-state index in [0.29, 0.717) is 12.3 Å². The molecule has 0 radical (unpaired) electrons. The fourth-order valence-corrected chi connectivity index (χ4v) is 4.93. The lowest BCUT2D eigenvalue weighted by Crippen LogP contribution is -2.50. The van der Waals surface area contributed by atoms with Gasteiger partial charge in [0.1, 0.15) is 0 Å². The zero-order chi connectivity index (χ0) is 18.4. The lowest BCUT2D eigenvalue weighted by molar-refractivity contribution is -0.121. The fourth-order valence-electron chi connectivity index (χ4n) is 4.93. The molecule has 26 heavy (non-hydrogen) atoms. The Morgan fingerprint density at radius 2 is 1.81 bits per heavy atom. The largest absolute Gasteiger partial charge is 0.356 e. The Kier molecular flexibility index (Phi) is 7.18. The van der Waals surface area contributed by atoms with E-state index in [4.69, 9.17) is 0 Å². The van der Waals surface area contributed by atoms with Gasteiger partial charge in [-0.15, -0.1) is 0 Å². The molecule has 0 spiro atoms. The van der Waals surface area contributed by atoms with Crippen LogP contribution in [0, 0.1) is 19.8 Å². The number of aromatic nitrogens is 1. The van der Waals surface area contributed by atoms with Crippen LogP contribution in [-0.2, 0) is 11.3 Å². The highest BCUT2D eigenvalue weighted by atomic mass is 16.1. The van der Waals surface area contributed by atoms with E-state index in [0.717, 1.165) is 38.4 Å². The molecule has 2 aliphatic heterocycles. The van der Waals surface area contributed by atoms with Crippen molar-refractivity contribution in [1.82, 2.24) is 14.8 Å². The Labute approximate surface area is 159 Å². The summed E-state index contributed by atoms with van der Waals surface area (Å²) in [6, 6.07) is 5.09. The molecular formula is C22H37N3O. The van der Waals surface area contributed by atoms with Crippen molar-refractivity contribution in [2.24, 2.45) is 5.92 Å². The summed E-state index contributed by atoms with van der Waals surface area (Å²) < 4.78 is 2.37. The maximum Gasteiger partial charge on any atom is 0.220 e. The number of nitrogens with zero attached hydrogens (tertiary/aromatic N) is 2. The molecule has 146 valence electrons. The maximum absolute atomic E-state index is 12.2. The van der Waals surface area contributed by atoms with Crippen LogP contribution in [0.15, 0.2) is 12.1 Å². The van der Waals surface area contributed by atoms with Crippen molar-refractivity contribution in [1.29, 1.82) is 0 Å². The van der Waals surface area contributed by atoms with Gasteiger partial charge in [-0.3, -0.25) is 4.79 Å². The smallest absolute Gasteiger partial charge is 0.220 e. The summed E-state index contributed by atoms with van der Waals surface area (Å²) in [5, 5.41) is 3.24. The standard InChI is InChI=1S/C22H37N3O/c1-18-12-13-19(2)25(18)16-6-3-4-11-22(26)23-17-20-9-8-15-24-14-7-5-10-21(20)24/h12-13,20-21H,3-11,14-17H2,1-2H3,(H,23,26). The number of fused-ring (bicyclic) bond motifs is 1. The zero-order valence-electron chi connectivity index (χ0n) is 16.8. The van der Waals surface area contributed by atoms with E-state index in [2.05, 4.69) is 40.8 Å². The quantitative estimate of drug-likeness (QED) is 0.711. The minimum Gasteiger partial charge on any atom is -0.356 e. The van der Waals surface area contributed by atoms with E-state index in [1.165, 1.54) is 56.6 Å². The average molecular weight is 360 g/mol. The molecule has 1 N–H and O–H groups in total. The molecule has 1 aromatic rings. The number of carbonyl (C=O) groups is 1. The number of hydrogen-bond donors (Lipinski definition) is 1. The van der Waals surface area contributed by atoms with Gasteiger partial charge in [-0.25, -0.2) is 0 Å². The Bertz CT molecular complexity index is 558. The highest BCUT2D eigenvalue weighted by molar-refractivity contribution is 5.75. The van der Waals surface area contributed by atoms with Gasteiger partial charge < -0.3 is 14.8 Å². The Morgan fingerprint density at radius 3 is 2.62 bits per heavy atom. The van der Waals surface area contributed by atoms with Crippen molar-refractivity contribution in [3.05, 3.63) is 23.5 Å². The second-order valence-corrected chi connectivity index (χ2v) is 8.38. The number of rotatable bonds is 8. The number of piperidine rings is 2. The number of nitrogens with one attached hydrogen (secondary N) is 1. The van der Waals surface area contributed by atoms with Gasteiger partial charge >= 0.3 is 0 Å². The molecule has 2 aliphatic rings. The SMILES string of the molecule is Cc1ccc(C)n1CCCCCC(=O)NCC1CCCN2CCCCC12. The first-order valence-corrected chi connectivity index (χ1v) is 10.8. The average Bonchev–Trinajstić information content (AvgIpc) is 2.98. The Hall–Kier alpha value is -1.29. The molecule has 0 saturated carbocycles. The second-order valence-electron chi connectivity index (χ2n) is 8.38. The Balaban J connectivity index is 1.29. The lowest BCUT2D eigenvalue weighted by Gasteiger charge is -2.44. The number of aryl methyl sites for hydroxylation is 2. The van der Waals surface area contributed by atoms with Crippen molar-refractivity contribution in [3.63, 3.8) is 0 Å². The maximum atomic E-state index is 12.2. The van der Waals surface area contributed by atoms with Crippen LogP contribution >= 0.6 is 0 Å². The van der Waals surface area contributed by atoms with Gasteiger partial charge in [-0.1, -0.05) is 12.8 Å². The topological polar surface area (TPSA) is 37.3 Å². The molecule has 1 amide bonds. The molecule has 0 bridgehead atoms. The van der Waals surface area contributed by atoms with Crippen molar-refractivity contribution in [2.75, 3.05) is 19.6 Å². The molecule has 2 atom stereocenters. The number of unbranched alkanes of at least 4 members (excludes halogenated alkanes) is 2. The first kappa shape index (κ1) is 19.5.